The summed E-state index contributed by atoms with van der Waals surface area (Å²) in [7, 11) is 3.56. The molecule has 0 saturated carbocycles. The molecule has 0 unspecified atom stereocenters. The van der Waals surface area contributed by atoms with Gasteiger partial charge in [0.05, 0.1) is 24.7 Å². The van der Waals surface area contributed by atoms with Crippen molar-refractivity contribution >= 4 is 40.4 Å². The third-order valence-electron chi connectivity index (χ3n) is 7.57. The number of aromatic nitrogens is 2. The van der Waals surface area contributed by atoms with Gasteiger partial charge >= 0.3 is 6.61 Å². The first-order valence-corrected chi connectivity index (χ1v) is 14.0. The van der Waals surface area contributed by atoms with Crippen LogP contribution in [0.5, 0.6) is 11.5 Å². The quantitative estimate of drug-likeness (QED) is 0.373. The van der Waals surface area contributed by atoms with Gasteiger partial charge in [-0.05, 0) is 31.3 Å². The number of alkyl halides is 2. The fourth-order valence-electron chi connectivity index (χ4n) is 5.09. The van der Waals surface area contributed by atoms with Crippen LogP contribution in [0.2, 0.25) is 0 Å². The number of methoxy groups -OCH3 is 1. The zero-order chi connectivity index (χ0) is 30.5. The number of nitrogens with one attached hydrogen (secondary N) is 2. The molecule has 5 rings (SSSR count). The number of anilines is 6. The van der Waals surface area contributed by atoms with E-state index in [9.17, 15) is 18.0 Å². The van der Waals surface area contributed by atoms with Crippen LogP contribution in [0.3, 0.4) is 0 Å². The Hall–Kier alpha value is -4.46. The van der Waals surface area contributed by atoms with E-state index in [0.717, 1.165) is 43.8 Å². The van der Waals surface area contributed by atoms with Crippen molar-refractivity contribution < 1.29 is 27.4 Å². The van der Waals surface area contributed by atoms with Crippen molar-refractivity contribution in [3.8, 4) is 11.5 Å². The molecular weight excluding hydrogens is 565 g/mol. The molecule has 2 fully saturated rings. The molecule has 14 heteroatoms. The van der Waals surface area contributed by atoms with Gasteiger partial charge in [-0.3, -0.25) is 4.79 Å². The van der Waals surface area contributed by atoms with E-state index < -0.39 is 12.4 Å². The molecule has 0 spiro atoms. The van der Waals surface area contributed by atoms with Gasteiger partial charge < -0.3 is 39.7 Å². The van der Waals surface area contributed by atoms with Gasteiger partial charge in [0.25, 0.3) is 0 Å². The molecule has 2 aliphatic rings. The largest absolute Gasteiger partial charge is 0.494 e. The maximum atomic E-state index is 14.8. The van der Waals surface area contributed by atoms with Gasteiger partial charge in [0.15, 0.2) is 17.4 Å². The fraction of sp³-hybridized carbons (Fsp3) is 0.414. The van der Waals surface area contributed by atoms with Gasteiger partial charge in [0.2, 0.25) is 11.9 Å². The van der Waals surface area contributed by atoms with Crippen molar-refractivity contribution in [1.82, 2.24) is 19.8 Å². The number of piperazine rings is 2. The molecule has 0 atom stereocenters. The van der Waals surface area contributed by atoms with Crippen molar-refractivity contribution in [3.05, 3.63) is 48.4 Å². The summed E-state index contributed by atoms with van der Waals surface area (Å²) in [4.78, 5) is 28.2. The molecule has 1 aromatic heterocycles. The number of carbonyl (C=O) groups is 1. The van der Waals surface area contributed by atoms with Crippen LogP contribution in [0.1, 0.15) is 6.92 Å². The lowest BCUT2D eigenvalue weighted by Gasteiger charge is -2.35. The van der Waals surface area contributed by atoms with E-state index in [1.54, 1.807) is 25.1 Å². The van der Waals surface area contributed by atoms with Gasteiger partial charge in [-0.15, -0.1) is 0 Å². The average molecular weight is 601 g/mol. The van der Waals surface area contributed by atoms with Crippen molar-refractivity contribution in [2.75, 3.05) is 86.9 Å². The highest BCUT2D eigenvalue weighted by atomic mass is 19.3. The molecule has 0 bridgehead atoms. The standard InChI is InChI=1S/C29H35F3N8O3/c1-19(41)38-12-14-40(15-13-38)20-4-6-23(25(16-20)42-3)35-29-33-18-22(30)27(36-29)34-24-7-5-21(17-26(24)43-28(31)32)39-10-8-37(2)9-11-39/h4-7,16-18,28H,8-15H2,1-3H3,(H2,33,34,35,36). The SMILES string of the molecule is COc1cc(N2CCN(C(C)=O)CC2)ccc1Nc1ncc(F)c(Nc2ccc(N3CCN(C)CC3)cc2OC(F)F)n1. The maximum absolute atomic E-state index is 14.8. The minimum Gasteiger partial charge on any atom is -0.494 e. The molecule has 2 aliphatic heterocycles. The lowest BCUT2D eigenvalue weighted by molar-refractivity contribution is -0.129. The number of carbonyl (C=O) groups excluding carboxylic acids is 1. The number of hydrogen-bond donors (Lipinski definition) is 2. The maximum Gasteiger partial charge on any atom is 0.387 e. The van der Waals surface area contributed by atoms with E-state index in [1.165, 1.54) is 13.2 Å². The Balaban J connectivity index is 1.33. The number of rotatable bonds is 9. The van der Waals surface area contributed by atoms with E-state index >= 15 is 0 Å². The van der Waals surface area contributed by atoms with Crippen LogP contribution in [0.25, 0.3) is 0 Å². The second-order valence-electron chi connectivity index (χ2n) is 10.4. The third-order valence-corrected chi connectivity index (χ3v) is 7.57. The van der Waals surface area contributed by atoms with Crippen molar-refractivity contribution in [2.45, 2.75) is 13.5 Å². The molecule has 43 heavy (non-hydrogen) atoms. The van der Waals surface area contributed by atoms with E-state index in [4.69, 9.17) is 9.47 Å². The second kappa shape index (κ2) is 13.2. The molecule has 3 aromatic rings. The molecule has 1 amide bonds. The smallest absolute Gasteiger partial charge is 0.387 e. The highest BCUT2D eigenvalue weighted by molar-refractivity contribution is 5.74. The number of nitrogens with zero attached hydrogens (tertiary/aromatic N) is 6. The molecule has 3 heterocycles. The highest BCUT2D eigenvalue weighted by Gasteiger charge is 2.21. The number of benzene rings is 2. The molecule has 0 radical (unpaired) electrons. The van der Waals surface area contributed by atoms with Gasteiger partial charge in [-0.2, -0.15) is 13.8 Å². The first kappa shape index (κ1) is 30.0. The van der Waals surface area contributed by atoms with Crippen LogP contribution in [-0.2, 0) is 4.79 Å². The van der Waals surface area contributed by atoms with Gasteiger partial charge in [0.1, 0.15) is 5.75 Å². The molecule has 2 N–H and O–H groups in total. The summed E-state index contributed by atoms with van der Waals surface area (Å²) in [6.07, 6.45) is 0.985. The summed E-state index contributed by atoms with van der Waals surface area (Å²) >= 11 is 0. The Morgan fingerprint density at radius 1 is 0.884 bits per heavy atom. The molecule has 0 aliphatic carbocycles. The van der Waals surface area contributed by atoms with E-state index in [2.05, 4.69) is 35.3 Å². The van der Waals surface area contributed by atoms with Gasteiger partial charge in [0, 0.05) is 82.8 Å². The molecule has 11 nitrogen and oxygen atoms in total. The summed E-state index contributed by atoms with van der Waals surface area (Å²) in [5, 5.41) is 5.83. The van der Waals surface area contributed by atoms with Crippen LogP contribution in [-0.4, -0.2) is 98.8 Å². The predicted octanol–water partition coefficient (Wildman–Crippen LogP) is 4.13. The Labute approximate surface area is 248 Å². The van der Waals surface area contributed by atoms with E-state index in [1.807, 2.05) is 24.1 Å². The number of hydrogen-bond acceptors (Lipinski definition) is 10. The van der Waals surface area contributed by atoms with Crippen molar-refractivity contribution in [3.63, 3.8) is 0 Å². The lowest BCUT2D eigenvalue weighted by atomic mass is 10.2. The van der Waals surface area contributed by atoms with E-state index in [0.29, 0.717) is 37.6 Å². The predicted molar refractivity (Wildman–Crippen MR) is 159 cm³/mol. The average Bonchev–Trinajstić information content (AvgIpc) is 3.00. The summed E-state index contributed by atoms with van der Waals surface area (Å²) in [6.45, 7) is 4.35. The van der Waals surface area contributed by atoms with Crippen molar-refractivity contribution in [1.29, 1.82) is 0 Å². The third kappa shape index (κ3) is 7.31. The highest BCUT2D eigenvalue weighted by Crippen LogP contribution is 2.35. The number of ether oxygens (including phenoxy) is 2. The monoisotopic (exact) mass is 600 g/mol. The normalized spacial score (nSPS) is 15.9. The minimum absolute atomic E-state index is 0.0605. The zero-order valence-corrected chi connectivity index (χ0v) is 24.3. The number of likely N-dealkylation sites (N-methyl/N-ethyl adjacent to an activating group) is 1. The molecular formula is C29H35F3N8O3. The minimum atomic E-state index is -3.07. The molecule has 2 aromatic carbocycles. The van der Waals surface area contributed by atoms with E-state index in [-0.39, 0.29) is 29.1 Å². The Kier molecular flexibility index (Phi) is 9.24. The topological polar surface area (TPSA) is 98.3 Å². The fourth-order valence-corrected chi connectivity index (χ4v) is 5.09. The Bertz CT molecular complexity index is 1430. The number of halogens is 3. The van der Waals surface area contributed by atoms with Gasteiger partial charge in [-0.25, -0.2) is 9.37 Å². The Morgan fingerprint density at radius 3 is 2.05 bits per heavy atom. The Morgan fingerprint density at radius 2 is 1.47 bits per heavy atom. The van der Waals surface area contributed by atoms with Crippen LogP contribution < -0.4 is 29.9 Å². The molecule has 2 saturated heterocycles. The zero-order valence-electron chi connectivity index (χ0n) is 24.3. The molecule has 230 valence electrons. The van der Waals surface area contributed by atoms with Crippen LogP contribution >= 0.6 is 0 Å². The second-order valence-corrected chi connectivity index (χ2v) is 10.4. The van der Waals surface area contributed by atoms with Crippen LogP contribution in [0, 0.1) is 5.82 Å². The van der Waals surface area contributed by atoms with Crippen molar-refractivity contribution in [2.24, 2.45) is 0 Å². The van der Waals surface area contributed by atoms with Gasteiger partial charge in [-0.1, -0.05) is 0 Å². The number of amides is 1. The summed E-state index contributed by atoms with van der Waals surface area (Å²) < 4.78 is 51.8. The lowest BCUT2D eigenvalue weighted by Crippen LogP contribution is -2.48. The first-order valence-electron chi connectivity index (χ1n) is 14.0. The van der Waals surface area contributed by atoms with Crippen LogP contribution in [0.4, 0.5) is 47.7 Å². The first-order chi connectivity index (χ1) is 20.7. The van der Waals surface area contributed by atoms with Crippen LogP contribution in [0.15, 0.2) is 42.6 Å². The summed E-state index contributed by atoms with van der Waals surface area (Å²) in [5.41, 5.74) is 2.34. The summed E-state index contributed by atoms with van der Waals surface area (Å²) in [6, 6.07) is 10.4. The summed E-state index contributed by atoms with van der Waals surface area (Å²) in [5.74, 6) is -0.478.